The van der Waals surface area contributed by atoms with E-state index in [-0.39, 0.29) is 11.9 Å². The molecule has 1 heterocycles. The van der Waals surface area contributed by atoms with E-state index in [9.17, 15) is 4.79 Å². The SMILES string of the molecule is Nc1ccc2cc(C(=O)C3CNCCO3)ccc2c1. The van der Waals surface area contributed by atoms with Crippen molar-refractivity contribution in [3.05, 3.63) is 42.0 Å². The van der Waals surface area contributed by atoms with E-state index in [1.165, 1.54) is 0 Å². The molecule has 0 radical (unpaired) electrons. The van der Waals surface area contributed by atoms with Crippen LogP contribution >= 0.6 is 0 Å². The van der Waals surface area contributed by atoms with E-state index in [2.05, 4.69) is 5.32 Å². The summed E-state index contributed by atoms with van der Waals surface area (Å²) in [5.74, 6) is 0.0333. The van der Waals surface area contributed by atoms with Gasteiger partial charge >= 0.3 is 0 Å². The van der Waals surface area contributed by atoms with Gasteiger partial charge in [-0.2, -0.15) is 0 Å². The number of hydrogen-bond acceptors (Lipinski definition) is 4. The Morgan fingerprint density at radius 1 is 1.21 bits per heavy atom. The van der Waals surface area contributed by atoms with Gasteiger partial charge in [-0.05, 0) is 29.0 Å². The van der Waals surface area contributed by atoms with Crippen LogP contribution < -0.4 is 11.1 Å². The molecule has 3 N–H and O–H groups in total. The van der Waals surface area contributed by atoms with E-state index in [0.29, 0.717) is 18.7 Å². The van der Waals surface area contributed by atoms with Gasteiger partial charge in [0, 0.05) is 24.3 Å². The first-order chi connectivity index (χ1) is 9.24. The normalized spacial score (nSPS) is 19.5. The van der Waals surface area contributed by atoms with E-state index in [4.69, 9.17) is 10.5 Å². The molecule has 19 heavy (non-hydrogen) atoms. The number of fused-ring (bicyclic) bond motifs is 1. The predicted molar refractivity (Wildman–Crippen MR) is 75.3 cm³/mol. The quantitative estimate of drug-likeness (QED) is 0.632. The van der Waals surface area contributed by atoms with Gasteiger partial charge in [-0.15, -0.1) is 0 Å². The van der Waals surface area contributed by atoms with Crippen LogP contribution in [0.3, 0.4) is 0 Å². The fourth-order valence-electron chi connectivity index (χ4n) is 2.34. The van der Waals surface area contributed by atoms with Crippen LogP contribution in [-0.2, 0) is 4.74 Å². The Bertz CT molecular complexity index is 619. The lowest BCUT2D eigenvalue weighted by atomic mass is 10.0. The van der Waals surface area contributed by atoms with E-state index in [1.807, 2.05) is 36.4 Å². The fourth-order valence-corrected chi connectivity index (χ4v) is 2.34. The van der Waals surface area contributed by atoms with Crippen molar-refractivity contribution in [2.75, 3.05) is 25.4 Å². The lowest BCUT2D eigenvalue weighted by Crippen LogP contribution is -2.43. The van der Waals surface area contributed by atoms with Gasteiger partial charge < -0.3 is 15.8 Å². The third-order valence-electron chi connectivity index (χ3n) is 3.37. The summed E-state index contributed by atoms with van der Waals surface area (Å²) in [6.45, 7) is 1.97. The molecule has 4 nitrogen and oxygen atoms in total. The first-order valence-electron chi connectivity index (χ1n) is 6.40. The second-order valence-corrected chi connectivity index (χ2v) is 4.75. The Kier molecular flexibility index (Phi) is 3.19. The average molecular weight is 256 g/mol. The maximum atomic E-state index is 12.3. The Morgan fingerprint density at radius 3 is 2.79 bits per heavy atom. The number of anilines is 1. The molecule has 0 spiro atoms. The second kappa shape index (κ2) is 4.99. The highest BCUT2D eigenvalue weighted by Gasteiger charge is 2.23. The minimum Gasteiger partial charge on any atom is -0.399 e. The third kappa shape index (κ3) is 2.45. The second-order valence-electron chi connectivity index (χ2n) is 4.75. The number of nitrogen functional groups attached to an aromatic ring is 1. The maximum Gasteiger partial charge on any atom is 0.192 e. The van der Waals surface area contributed by atoms with Crippen LogP contribution in [0.1, 0.15) is 10.4 Å². The van der Waals surface area contributed by atoms with Crippen molar-refractivity contribution in [3.63, 3.8) is 0 Å². The first-order valence-corrected chi connectivity index (χ1v) is 6.40. The summed E-state index contributed by atoms with van der Waals surface area (Å²) in [7, 11) is 0. The number of rotatable bonds is 2. The zero-order valence-corrected chi connectivity index (χ0v) is 10.6. The highest BCUT2D eigenvalue weighted by atomic mass is 16.5. The molecule has 1 aliphatic heterocycles. The van der Waals surface area contributed by atoms with Gasteiger partial charge in [-0.3, -0.25) is 4.79 Å². The molecule has 1 unspecified atom stereocenters. The molecule has 3 rings (SSSR count). The summed E-state index contributed by atoms with van der Waals surface area (Å²) < 4.78 is 5.49. The molecule has 1 fully saturated rings. The van der Waals surface area contributed by atoms with E-state index in [0.717, 1.165) is 23.0 Å². The molecule has 2 aromatic rings. The van der Waals surface area contributed by atoms with Crippen molar-refractivity contribution in [1.82, 2.24) is 5.32 Å². The summed E-state index contributed by atoms with van der Waals surface area (Å²) in [5, 5.41) is 5.23. The molecule has 0 amide bonds. The number of morpholine rings is 1. The Morgan fingerprint density at radius 2 is 2.00 bits per heavy atom. The van der Waals surface area contributed by atoms with E-state index in [1.54, 1.807) is 0 Å². The van der Waals surface area contributed by atoms with Crippen LogP contribution in [0.4, 0.5) is 5.69 Å². The van der Waals surface area contributed by atoms with Crippen LogP contribution in [0.2, 0.25) is 0 Å². The topological polar surface area (TPSA) is 64.4 Å². The highest BCUT2D eigenvalue weighted by Crippen LogP contribution is 2.20. The number of carbonyl (C=O) groups excluding carboxylic acids is 1. The van der Waals surface area contributed by atoms with Crippen molar-refractivity contribution >= 4 is 22.2 Å². The number of hydrogen-bond donors (Lipinski definition) is 2. The fraction of sp³-hybridized carbons (Fsp3) is 0.267. The summed E-state index contributed by atoms with van der Waals surface area (Å²) >= 11 is 0. The molecular weight excluding hydrogens is 240 g/mol. The lowest BCUT2D eigenvalue weighted by Gasteiger charge is -2.22. The Labute approximate surface area is 111 Å². The minimum atomic E-state index is -0.375. The largest absolute Gasteiger partial charge is 0.399 e. The van der Waals surface area contributed by atoms with Gasteiger partial charge in [0.25, 0.3) is 0 Å². The van der Waals surface area contributed by atoms with E-state index >= 15 is 0 Å². The van der Waals surface area contributed by atoms with Crippen LogP contribution in [0.15, 0.2) is 36.4 Å². The summed E-state index contributed by atoms with van der Waals surface area (Å²) in [6, 6.07) is 11.3. The monoisotopic (exact) mass is 256 g/mol. The Hall–Kier alpha value is -1.91. The Balaban J connectivity index is 1.92. The number of Topliss-reactive ketones (excluding diaryl/α,β-unsaturated/α-hetero) is 1. The van der Waals surface area contributed by atoms with Gasteiger partial charge in [0.2, 0.25) is 0 Å². The molecule has 2 aromatic carbocycles. The van der Waals surface area contributed by atoms with Crippen LogP contribution in [0.5, 0.6) is 0 Å². The summed E-state index contributed by atoms with van der Waals surface area (Å²) in [6.07, 6.45) is -0.375. The molecule has 98 valence electrons. The van der Waals surface area contributed by atoms with Crippen molar-refractivity contribution in [2.24, 2.45) is 0 Å². The van der Waals surface area contributed by atoms with Gasteiger partial charge in [-0.25, -0.2) is 0 Å². The minimum absolute atomic E-state index is 0.0333. The molecule has 0 saturated carbocycles. The lowest BCUT2D eigenvalue weighted by molar-refractivity contribution is 0.0269. The van der Waals surface area contributed by atoms with Gasteiger partial charge in [0.15, 0.2) is 5.78 Å². The number of ether oxygens (including phenoxy) is 1. The summed E-state index contributed by atoms with van der Waals surface area (Å²) in [5.41, 5.74) is 7.16. The molecular formula is C15H16N2O2. The van der Waals surface area contributed by atoms with Crippen LogP contribution in [-0.4, -0.2) is 31.6 Å². The zero-order chi connectivity index (χ0) is 13.2. The van der Waals surface area contributed by atoms with Crippen molar-refractivity contribution in [3.8, 4) is 0 Å². The maximum absolute atomic E-state index is 12.3. The average Bonchev–Trinajstić information content (AvgIpc) is 2.47. The van der Waals surface area contributed by atoms with Gasteiger partial charge in [0.05, 0.1) is 6.61 Å². The number of carbonyl (C=O) groups is 1. The molecule has 0 aromatic heterocycles. The molecule has 1 saturated heterocycles. The number of nitrogens with one attached hydrogen (secondary N) is 1. The molecule has 0 aliphatic carbocycles. The number of ketones is 1. The van der Waals surface area contributed by atoms with Gasteiger partial charge in [-0.1, -0.05) is 18.2 Å². The zero-order valence-electron chi connectivity index (χ0n) is 10.6. The predicted octanol–water partition coefficient (Wildman–Crippen LogP) is 1.59. The van der Waals surface area contributed by atoms with Crippen molar-refractivity contribution in [2.45, 2.75) is 6.10 Å². The van der Waals surface area contributed by atoms with Crippen molar-refractivity contribution in [1.29, 1.82) is 0 Å². The smallest absolute Gasteiger partial charge is 0.192 e. The third-order valence-corrected chi connectivity index (χ3v) is 3.37. The van der Waals surface area contributed by atoms with Crippen LogP contribution in [0.25, 0.3) is 10.8 Å². The summed E-state index contributed by atoms with van der Waals surface area (Å²) in [4.78, 5) is 12.3. The highest BCUT2D eigenvalue weighted by molar-refractivity contribution is 6.03. The number of benzene rings is 2. The number of nitrogens with two attached hydrogens (primary N) is 1. The molecule has 1 atom stereocenters. The first kappa shape index (κ1) is 12.1. The molecule has 1 aliphatic rings. The van der Waals surface area contributed by atoms with Crippen molar-refractivity contribution < 1.29 is 9.53 Å². The van der Waals surface area contributed by atoms with Crippen LogP contribution in [0, 0.1) is 0 Å². The standard InChI is InChI=1S/C15H16N2O2/c16-13-4-3-10-7-12(2-1-11(10)8-13)15(18)14-9-17-5-6-19-14/h1-4,7-8,14,17H,5-6,9,16H2. The van der Waals surface area contributed by atoms with E-state index < -0.39 is 0 Å². The molecule has 0 bridgehead atoms. The molecule has 4 heteroatoms. The van der Waals surface area contributed by atoms with Gasteiger partial charge in [0.1, 0.15) is 6.10 Å².